The van der Waals surface area contributed by atoms with Gasteiger partial charge >= 0.3 is 0 Å². The fourth-order valence-corrected chi connectivity index (χ4v) is 3.40. The molecule has 0 saturated heterocycles. The summed E-state index contributed by atoms with van der Waals surface area (Å²) in [4.78, 5) is 4.95. The third-order valence-corrected chi connectivity index (χ3v) is 4.79. The lowest BCUT2D eigenvalue weighted by Gasteiger charge is -2.30. The van der Waals surface area contributed by atoms with Crippen LogP contribution in [0.3, 0.4) is 0 Å². The van der Waals surface area contributed by atoms with Gasteiger partial charge in [0, 0.05) is 44.0 Å². The number of fused-ring (bicyclic) bond motifs is 1. The Morgan fingerprint density at radius 1 is 1.27 bits per heavy atom. The molecule has 1 unspecified atom stereocenters. The van der Waals surface area contributed by atoms with Crippen molar-refractivity contribution in [2.75, 3.05) is 18.5 Å². The van der Waals surface area contributed by atoms with Gasteiger partial charge in [-0.1, -0.05) is 30.3 Å². The van der Waals surface area contributed by atoms with Crippen LogP contribution in [0.15, 0.2) is 28.8 Å². The second-order valence-corrected chi connectivity index (χ2v) is 6.28. The lowest BCUT2D eigenvalue weighted by molar-refractivity contribution is 0.180. The third-order valence-electron chi connectivity index (χ3n) is 4.79. The van der Waals surface area contributed by atoms with E-state index < -0.39 is 0 Å². The van der Waals surface area contributed by atoms with E-state index in [1.54, 1.807) is 0 Å². The number of benzene rings is 1. The summed E-state index contributed by atoms with van der Waals surface area (Å²) in [6.07, 6.45) is 1.14. The number of aromatic nitrogens is 1. The van der Waals surface area contributed by atoms with Crippen molar-refractivity contribution in [3.8, 4) is 0 Å². The summed E-state index contributed by atoms with van der Waals surface area (Å²) in [5, 5.41) is 4.10. The van der Waals surface area contributed by atoms with E-state index in [9.17, 15) is 0 Å². The number of likely N-dealkylation sites (N-methyl/N-ethyl adjacent to an activating group) is 1. The molecule has 0 spiro atoms. The predicted molar refractivity (Wildman–Crippen MR) is 89.0 cm³/mol. The van der Waals surface area contributed by atoms with Crippen molar-refractivity contribution in [2.45, 2.75) is 46.3 Å². The van der Waals surface area contributed by atoms with Gasteiger partial charge in [0.1, 0.15) is 5.76 Å². The van der Waals surface area contributed by atoms with Crippen LogP contribution in [0.5, 0.6) is 0 Å². The van der Waals surface area contributed by atoms with E-state index in [4.69, 9.17) is 4.52 Å². The van der Waals surface area contributed by atoms with Gasteiger partial charge in [0.15, 0.2) is 0 Å². The highest BCUT2D eigenvalue weighted by atomic mass is 16.5. The Balaban J connectivity index is 1.92. The Labute approximate surface area is 132 Å². The SMILES string of the molecule is CCC1CN(C)c2ccccc2CN1Cc1c(C)noc1C. The highest BCUT2D eigenvalue weighted by Gasteiger charge is 2.26. The molecule has 0 bridgehead atoms. The molecule has 2 aromatic rings. The van der Waals surface area contributed by atoms with Gasteiger partial charge in [-0.2, -0.15) is 0 Å². The molecule has 1 aromatic heterocycles. The highest BCUT2D eigenvalue weighted by Crippen LogP contribution is 2.29. The van der Waals surface area contributed by atoms with Crippen LogP contribution in [-0.2, 0) is 13.1 Å². The summed E-state index contributed by atoms with van der Waals surface area (Å²) in [5.74, 6) is 0.943. The summed E-state index contributed by atoms with van der Waals surface area (Å²) in [7, 11) is 2.20. The lowest BCUT2D eigenvalue weighted by Crippen LogP contribution is -2.39. The molecule has 0 radical (unpaired) electrons. The average Bonchev–Trinajstić information content (AvgIpc) is 2.76. The standard InChI is InChI=1S/C18H25N3O/c1-5-16-11-20(4)18-9-7-6-8-15(18)10-21(16)12-17-13(2)19-22-14(17)3/h6-9,16H,5,10-12H2,1-4H3. The van der Waals surface area contributed by atoms with Crippen LogP contribution in [0.4, 0.5) is 5.69 Å². The number of hydrogen-bond donors (Lipinski definition) is 0. The molecule has 2 heterocycles. The zero-order valence-electron chi connectivity index (χ0n) is 14.0. The fraction of sp³-hybridized carbons (Fsp3) is 0.500. The number of rotatable bonds is 3. The van der Waals surface area contributed by atoms with Crippen LogP contribution in [-0.4, -0.2) is 29.7 Å². The molecule has 0 N–H and O–H groups in total. The second-order valence-electron chi connectivity index (χ2n) is 6.28. The maximum atomic E-state index is 5.34. The van der Waals surface area contributed by atoms with Crippen LogP contribution in [0.1, 0.15) is 35.9 Å². The van der Waals surface area contributed by atoms with Gasteiger partial charge in [0.25, 0.3) is 0 Å². The zero-order valence-corrected chi connectivity index (χ0v) is 14.0. The Bertz CT molecular complexity index is 630. The van der Waals surface area contributed by atoms with Crippen molar-refractivity contribution >= 4 is 5.69 Å². The van der Waals surface area contributed by atoms with E-state index in [-0.39, 0.29) is 0 Å². The van der Waals surface area contributed by atoms with Gasteiger partial charge < -0.3 is 9.42 Å². The van der Waals surface area contributed by atoms with E-state index in [1.165, 1.54) is 16.8 Å². The van der Waals surface area contributed by atoms with Crippen molar-refractivity contribution in [2.24, 2.45) is 0 Å². The van der Waals surface area contributed by atoms with Gasteiger partial charge in [-0.15, -0.1) is 0 Å². The largest absolute Gasteiger partial charge is 0.373 e. The molecule has 0 amide bonds. The van der Waals surface area contributed by atoms with Crippen LogP contribution < -0.4 is 4.90 Å². The molecule has 118 valence electrons. The first kappa shape index (κ1) is 15.1. The van der Waals surface area contributed by atoms with Crippen LogP contribution in [0, 0.1) is 13.8 Å². The summed E-state index contributed by atoms with van der Waals surface area (Å²) >= 11 is 0. The number of anilines is 1. The molecule has 4 nitrogen and oxygen atoms in total. The first-order valence-corrected chi connectivity index (χ1v) is 8.05. The maximum absolute atomic E-state index is 5.34. The molecule has 1 atom stereocenters. The van der Waals surface area contributed by atoms with E-state index in [0.29, 0.717) is 6.04 Å². The Kier molecular flexibility index (Phi) is 4.21. The number of hydrogen-bond acceptors (Lipinski definition) is 4. The molecule has 1 aliphatic rings. The second kappa shape index (κ2) is 6.13. The molecule has 0 fully saturated rings. The van der Waals surface area contributed by atoms with Crippen LogP contribution >= 0.6 is 0 Å². The highest BCUT2D eigenvalue weighted by molar-refractivity contribution is 5.54. The summed E-state index contributed by atoms with van der Waals surface area (Å²) in [6, 6.07) is 9.25. The van der Waals surface area contributed by atoms with Crippen molar-refractivity contribution in [1.82, 2.24) is 10.1 Å². The molecule has 0 saturated carbocycles. The quantitative estimate of drug-likeness (QED) is 0.868. The average molecular weight is 299 g/mol. The van der Waals surface area contributed by atoms with E-state index in [1.807, 2.05) is 13.8 Å². The van der Waals surface area contributed by atoms with Crippen molar-refractivity contribution in [1.29, 1.82) is 0 Å². The molecule has 0 aliphatic carbocycles. The molecule has 4 heteroatoms. The van der Waals surface area contributed by atoms with Gasteiger partial charge in [0.05, 0.1) is 5.69 Å². The molecular weight excluding hydrogens is 274 g/mol. The van der Waals surface area contributed by atoms with Crippen LogP contribution in [0.2, 0.25) is 0 Å². The minimum atomic E-state index is 0.533. The minimum Gasteiger partial charge on any atom is -0.373 e. The smallest absolute Gasteiger partial charge is 0.138 e. The minimum absolute atomic E-state index is 0.533. The van der Waals surface area contributed by atoms with Gasteiger partial charge in [-0.25, -0.2) is 0 Å². The zero-order chi connectivity index (χ0) is 15.7. The number of para-hydroxylation sites is 1. The molecule has 1 aliphatic heterocycles. The number of nitrogens with zero attached hydrogens (tertiary/aromatic N) is 3. The first-order chi connectivity index (χ1) is 10.6. The van der Waals surface area contributed by atoms with Gasteiger partial charge in [-0.05, 0) is 31.9 Å². The van der Waals surface area contributed by atoms with Crippen LogP contribution in [0.25, 0.3) is 0 Å². The van der Waals surface area contributed by atoms with E-state index in [0.717, 1.165) is 37.5 Å². The summed E-state index contributed by atoms with van der Waals surface area (Å²) in [5.41, 5.74) is 4.99. The Morgan fingerprint density at radius 2 is 2.05 bits per heavy atom. The number of aryl methyl sites for hydroxylation is 2. The van der Waals surface area contributed by atoms with Crippen molar-refractivity contribution in [3.63, 3.8) is 0 Å². The summed E-state index contributed by atoms with van der Waals surface area (Å²) < 4.78 is 5.34. The molecular formula is C18H25N3O. The lowest BCUT2D eigenvalue weighted by atomic mass is 10.1. The van der Waals surface area contributed by atoms with E-state index in [2.05, 4.69) is 53.2 Å². The molecule has 22 heavy (non-hydrogen) atoms. The Morgan fingerprint density at radius 3 is 2.73 bits per heavy atom. The first-order valence-electron chi connectivity index (χ1n) is 8.05. The third kappa shape index (κ3) is 2.75. The summed E-state index contributed by atoms with van der Waals surface area (Å²) in [6.45, 7) is 9.25. The van der Waals surface area contributed by atoms with Gasteiger partial charge in [0.2, 0.25) is 0 Å². The topological polar surface area (TPSA) is 32.5 Å². The van der Waals surface area contributed by atoms with Gasteiger partial charge in [-0.3, -0.25) is 4.90 Å². The monoisotopic (exact) mass is 299 g/mol. The fourth-order valence-electron chi connectivity index (χ4n) is 3.40. The normalized spacial score (nSPS) is 19.1. The van der Waals surface area contributed by atoms with E-state index >= 15 is 0 Å². The molecule has 3 rings (SSSR count). The predicted octanol–water partition coefficient (Wildman–Crippen LogP) is 3.52. The maximum Gasteiger partial charge on any atom is 0.138 e. The van der Waals surface area contributed by atoms with Crippen molar-refractivity contribution < 1.29 is 4.52 Å². The molecule has 1 aromatic carbocycles. The van der Waals surface area contributed by atoms with Crippen molar-refractivity contribution in [3.05, 3.63) is 46.8 Å². The Hall–Kier alpha value is -1.81.